The molecule has 1 aromatic carbocycles. The van der Waals surface area contributed by atoms with Gasteiger partial charge in [-0.2, -0.15) is 0 Å². The molecule has 0 atom stereocenters. The van der Waals surface area contributed by atoms with E-state index in [2.05, 4.69) is 10.3 Å². The highest BCUT2D eigenvalue weighted by molar-refractivity contribution is 5.90. The van der Waals surface area contributed by atoms with E-state index in [1.165, 1.54) is 0 Å². The Balaban J connectivity index is 2.03. The van der Waals surface area contributed by atoms with Gasteiger partial charge >= 0.3 is 0 Å². The van der Waals surface area contributed by atoms with E-state index < -0.39 is 0 Å². The Kier molecular flexibility index (Phi) is 4.12. The molecular formula is C14H17N3O. The summed E-state index contributed by atoms with van der Waals surface area (Å²) in [6, 6.07) is 7.89. The number of aromatic nitrogens is 2. The molecule has 0 aliphatic heterocycles. The van der Waals surface area contributed by atoms with Crippen LogP contribution in [0.1, 0.15) is 25.3 Å². The number of anilines is 1. The van der Waals surface area contributed by atoms with Crippen molar-refractivity contribution >= 4 is 11.6 Å². The minimum absolute atomic E-state index is 0.0669. The second-order valence-corrected chi connectivity index (χ2v) is 4.23. The number of carbonyl (C=O) groups is 1. The van der Waals surface area contributed by atoms with Crippen LogP contribution >= 0.6 is 0 Å². The first-order valence-electron chi connectivity index (χ1n) is 6.12. The van der Waals surface area contributed by atoms with Gasteiger partial charge in [-0.25, -0.2) is 4.98 Å². The summed E-state index contributed by atoms with van der Waals surface area (Å²) in [5.74, 6) is 0.0669. The molecule has 0 saturated heterocycles. The fourth-order valence-electron chi connectivity index (χ4n) is 1.79. The Labute approximate surface area is 107 Å². The standard InChI is InChI=1S/C14H17N3O/c1-2-4-14(18)16-13-6-3-5-12(9-13)10-17-8-7-15-11-17/h3,5-9,11H,2,4,10H2,1H3,(H,16,18). The lowest BCUT2D eigenvalue weighted by Crippen LogP contribution is -2.10. The lowest BCUT2D eigenvalue weighted by atomic mass is 10.2. The maximum absolute atomic E-state index is 11.5. The molecule has 0 fully saturated rings. The first-order chi connectivity index (χ1) is 8.78. The third kappa shape index (κ3) is 3.45. The number of nitrogens with one attached hydrogen (secondary N) is 1. The first kappa shape index (κ1) is 12.4. The van der Waals surface area contributed by atoms with Gasteiger partial charge in [0, 0.05) is 31.0 Å². The molecule has 2 aromatic rings. The molecule has 2 rings (SSSR count). The number of hydrogen-bond donors (Lipinski definition) is 1. The Bertz CT molecular complexity index is 506. The van der Waals surface area contributed by atoms with E-state index in [4.69, 9.17) is 0 Å². The van der Waals surface area contributed by atoms with Crippen molar-refractivity contribution in [3.8, 4) is 0 Å². The van der Waals surface area contributed by atoms with Gasteiger partial charge in [-0.1, -0.05) is 19.1 Å². The summed E-state index contributed by atoms with van der Waals surface area (Å²) in [4.78, 5) is 15.5. The van der Waals surface area contributed by atoms with Crippen molar-refractivity contribution in [2.24, 2.45) is 0 Å². The third-order valence-electron chi connectivity index (χ3n) is 2.61. The highest BCUT2D eigenvalue weighted by atomic mass is 16.1. The van der Waals surface area contributed by atoms with Gasteiger partial charge in [-0.3, -0.25) is 4.79 Å². The number of imidazole rings is 1. The van der Waals surface area contributed by atoms with Gasteiger partial charge < -0.3 is 9.88 Å². The number of amides is 1. The van der Waals surface area contributed by atoms with Crippen LogP contribution in [-0.2, 0) is 11.3 Å². The van der Waals surface area contributed by atoms with E-state index in [9.17, 15) is 4.79 Å². The maximum atomic E-state index is 11.5. The van der Waals surface area contributed by atoms with Crippen LogP contribution in [0.4, 0.5) is 5.69 Å². The minimum atomic E-state index is 0.0669. The molecule has 0 aliphatic rings. The number of carbonyl (C=O) groups excluding carboxylic acids is 1. The molecule has 0 unspecified atom stereocenters. The zero-order valence-electron chi connectivity index (χ0n) is 10.5. The van der Waals surface area contributed by atoms with Gasteiger partial charge in [0.2, 0.25) is 5.91 Å². The highest BCUT2D eigenvalue weighted by Crippen LogP contribution is 2.12. The summed E-state index contributed by atoms with van der Waals surface area (Å²) in [6.07, 6.45) is 6.88. The SMILES string of the molecule is CCCC(=O)Nc1cccc(Cn2ccnc2)c1. The summed E-state index contributed by atoms with van der Waals surface area (Å²) in [5, 5.41) is 2.90. The molecule has 1 aromatic heterocycles. The number of benzene rings is 1. The largest absolute Gasteiger partial charge is 0.333 e. The second kappa shape index (κ2) is 6.00. The first-order valence-corrected chi connectivity index (χ1v) is 6.12. The molecule has 0 aliphatic carbocycles. The average molecular weight is 243 g/mol. The molecule has 1 N–H and O–H groups in total. The van der Waals surface area contributed by atoms with Crippen LogP contribution in [0.25, 0.3) is 0 Å². The molecule has 0 bridgehead atoms. The van der Waals surface area contributed by atoms with E-state index in [0.29, 0.717) is 6.42 Å². The fourth-order valence-corrected chi connectivity index (χ4v) is 1.79. The molecule has 18 heavy (non-hydrogen) atoms. The number of nitrogens with zero attached hydrogens (tertiary/aromatic N) is 2. The van der Waals surface area contributed by atoms with Crippen molar-refractivity contribution in [1.29, 1.82) is 0 Å². The van der Waals surface area contributed by atoms with E-state index >= 15 is 0 Å². The normalized spacial score (nSPS) is 10.3. The molecule has 0 radical (unpaired) electrons. The Morgan fingerprint density at radius 3 is 3.06 bits per heavy atom. The van der Waals surface area contributed by atoms with Crippen LogP contribution in [0.5, 0.6) is 0 Å². The lowest BCUT2D eigenvalue weighted by molar-refractivity contribution is -0.116. The predicted octanol–water partition coefficient (Wildman–Crippen LogP) is 2.67. The molecule has 4 nitrogen and oxygen atoms in total. The van der Waals surface area contributed by atoms with Crippen LogP contribution < -0.4 is 5.32 Å². The quantitative estimate of drug-likeness (QED) is 0.877. The average Bonchev–Trinajstić information content (AvgIpc) is 2.82. The molecule has 4 heteroatoms. The highest BCUT2D eigenvalue weighted by Gasteiger charge is 2.01. The molecule has 0 saturated carbocycles. The van der Waals surface area contributed by atoms with Gasteiger partial charge in [-0.15, -0.1) is 0 Å². The second-order valence-electron chi connectivity index (χ2n) is 4.23. The molecule has 1 heterocycles. The van der Waals surface area contributed by atoms with E-state index in [1.807, 2.05) is 42.0 Å². The van der Waals surface area contributed by atoms with Gasteiger partial charge in [-0.05, 0) is 24.1 Å². The van der Waals surface area contributed by atoms with Crippen LogP contribution in [0, 0.1) is 0 Å². The van der Waals surface area contributed by atoms with Gasteiger partial charge in [0.15, 0.2) is 0 Å². The van der Waals surface area contributed by atoms with Gasteiger partial charge in [0.05, 0.1) is 6.33 Å². The van der Waals surface area contributed by atoms with Crippen LogP contribution in [0.2, 0.25) is 0 Å². The van der Waals surface area contributed by atoms with Crippen molar-refractivity contribution in [3.05, 3.63) is 48.5 Å². The van der Waals surface area contributed by atoms with Crippen LogP contribution in [0.3, 0.4) is 0 Å². The summed E-state index contributed by atoms with van der Waals surface area (Å²) in [7, 11) is 0. The van der Waals surface area contributed by atoms with Crippen molar-refractivity contribution in [2.75, 3.05) is 5.32 Å². The number of hydrogen-bond acceptors (Lipinski definition) is 2. The van der Waals surface area contributed by atoms with Crippen molar-refractivity contribution in [3.63, 3.8) is 0 Å². The number of rotatable bonds is 5. The molecular weight excluding hydrogens is 226 g/mol. The smallest absolute Gasteiger partial charge is 0.224 e. The summed E-state index contributed by atoms with van der Waals surface area (Å²) in [5.41, 5.74) is 1.99. The third-order valence-corrected chi connectivity index (χ3v) is 2.61. The Hall–Kier alpha value is -2.10. The minimum Gasteiger partial charge on any atom is -0.333 e. The Morgan fingerprint density at radius 1 is 1.44 bits per heavy atom. The Morgan fingerprint density at radius 2 is 2.33 bits per heavy atom. The monoisotopic (exact) mass is 243 g/mol. The maximum Gasteiger partial charge on any atom is 0.224 e. The van der Waals surface area contributed by atoms with Crippen molar-refractivity contribution in [1.82, 2.24) is 9.55 Å². The zero-order chi connectivity index (χ0) is 12.8. The van der Waals surface area contributed by atoms with Crippen molar-refractivity contribution in [2.45, 2.75) is 26.3 Å². The summed E-state index contributed by atoms with van der Waals surface area (Å²) < 4.78 is 1.99. The zero-order valence-corrected chi connectivity index (χ0v) is 10.5. The van der Waals surface area contributed by atoms with E-state index in [-0.39, 0.29) is 5.91 Å². The van der Waals surface area contributed by atoms with Gasteiger partial charge in [0.1, 0.15) is 0 Å². The van der Waals surface area contributed by atoms with E-state index in [1.54, 1.807) is 12.5 Å². The summed E-state index contributed by atoms with van der Waals surface area (Å²) >= 11 is 0. The summed E-state index contributed by atoms with van der Waals surface area (Å²) in [6.45, 7) is 2.76. The van der Waals surface area contributed by atoms with Gasteiger partial charge in [0.25, 0.3) is 0 Å². The fraction of sp³-hybridized carbons (Fsp3) is 0.286. The van der Waals surface area contributed by atoms with Crippen molar-refractivity contribution < 1.29 is 4.79 Å². The molecule has 94 valence electrons. The van der Waals surface area contributed by atoms with Crippen LogP contribution in [-0.4, -0.2) is 15.5 Å². The topological polar surface area (TPSA) is 46.9 Å². The lowest BCUT2D eigenvalue weighted by Gasteiger charge is -2.07. The molecule has 1 amide bonds. The molecule has 0 spiro atoms. The van der Waals surface area contributed by atoms with Crippen LogP contribution in [0.15, 0.2) is 43.0 Å². The predicted molar refractivity (Wildman–Crippen MR) is 71.3 cm³/mol. The van der Waals surface area contributed by atoms with E-state index in [0.717, 1.165) is 24.2 Å².